The van der Waals surface area contributed by atoms with Crippen molar-refractivity contribution in [1.82, 2.24) is 4.98 Å². The SMILES string of the molecule is CC(=O)Nc1ccc(NC(=O)c2c[nH]ccc2=O)cc1Cl. The summed E-state index contributed by atoms with van der Waals surface area (Å²) in [5, 5.41) is 5.40. The van der Waals surface area contributed by atoms with Crippen LogP contribution in [-0.4, -0.2) is 16.8 Å². The molecule has 6 nitrogen and oxygen atoms in total. The maximum atomic E-state index is 12.0. The van der Waals surface area contributed by atoms with Crippen molar-refractivity contribution in [3.05, 3.63) is 57.5 Å². The molecule has 3 N–H and O–H groups in total. The molecule has 0 radical (unpaired) electrons. The van der Waals surface area contributed by atoms with Gasteiger partial charge in [0.25, 0.3) is 5.91 Å². The first-order chi connectivity index (χ1) is 9.97. The third-order valence-corrected chi connectivity index (χ3v) is 2.92. The summed E-state index contributed by atoms with van der Waals surface area (Å²) >= 11 is 6.00. The van der Waals surface area contributed by atoms with Crippen LogP contribution in [-0.2, 0) is 4.79 Å². The summed E-state index contributed by atoms with van der Waals surface area (Å²) < 4.78 is 0. The maximum absolute atomic E-state index is 12.0. The van der Waals surface area contributed by atoms with E-state index in [1.165, 1.54) is 31.5 Å². The molecule has 108 valence electrons. The van der Waals surface area contributed by atoms with E-state index in [1.54, 1.807) is 12.1 Å². The Morgan fingerprint density at radius 1 is 1.19 bits per heavy atom. The second-order valence-corrected chi connectivity index (χ2v) is 4.66. The minimum atomic E-state index is -0.541. The molecule has 0 spiro atoms. The van der Waals surface area contributed by atoms with Gasteiger partial charge in [-0.05, 0) is 18.2 Å². The number of H-pyrrole nitrogens is 1. The number of aromatic amines is 1. The molecule has 0 fully saturated rings. The number of amides is 2. The van der Waals surface area contributed by atoms with Crippen molar-refractivity contribution in [3.63, 3.8) is 0 Å². The van der Waals surface area contributed by atoms with Gasteiger partial charge in [0.15, 0.2) is 5.43 Å². The van der Waals surface area contributed by atoms with Crippen molar-refractivity contribution in [2.45, 2.75) is 6.92 Å². The Labute approximate surface area is 125 Å². The fraction of sp³-hybridized carbons (Fsp3) is 0.0714. The minimum absolute atomic E-state index is 0.000407. The average molecular weight is 306 g/mol. The van der Waals surface area contributed by atoms with Gasteiger partial charge in [-0.1, -0.05) is 11.6 Å². The van der Waals surface area contributed by atoms with Gasteiger partial charge in [0.1, 0.15) is 5.56 Å². The first-order valence-electron chi connectivity index (χ1n) is 6.03. The molecule has 0 atom stereocenters. The predicted molar refractivity (Wildman–Crippen MR) is 80.8 cm³/mol. The molecule has 1 aromatic heterocycles. The molecule has 0 saturated carbocycles. The molecular weight excluding hydrogens is 294 g/mol. The number of nitrogens with one attached hydrogen (secondary N) is 3. The van der Waals surface area contributed by atoms with Crippen molar-refractivity contribution < 1.29 is 9.59 Å². The number of aromatic nitrogens is 1. The Hall–Kier alpha value is -2.60. The van der Waals surface area contributed by atoms with Crippen LogP contribution < -0.4 is 16.1 Å². The predicted octanol–water partition coefficient (Wildman–Crippen LogP) is 2.24. The summed E-state index contributed by atoms with van der Waals surface area (Å²) in [5.41, 5.74) is 0.480. The highest BCUT2D eigenvalue weighted by molar-refractivity contribution is 6.34. The van der Waals surface area contributed by atoms with Crippen LogP contribution in [0.25, 0.3) is 0 Å². The molecule has 21 heavy (non-hydrogen) atoms. The van der Waals surface area contributed by atoms with Gasteiger partial charge in [-0.2, -0.15) is 0 Å². The molecule has 2 amide bonds. The Morgan fingerprint density at radius 3 is 2.57 bits per heavy atom. The first-order valence-corrected chi connectivity index (χ1v) is 6.41. The molecule has 0 unspecified atom stereocenters. The molecule has 0 aliphatic rings. The van der Waals surface area contributed by atoms with E-state index in [-0.39, 0.29) is 21.9 Å². The lowest BCUT2D eigenvalue weighted by molar-refractivity contribution is -0.114. The Bertz CT molecular complexity index is 755. The minimum Gasteiger partial charge on any atom is -0.367 e. The summed E-state index contributed by atoms with van der Waals surface area (Å²) in [6.45, 7) is 1.37. The van der Waals surface area contributed by atoms with E-state index in [0.717, 1.165) is 0 Å². The molecule has 0 saturated heterocycles. The molecular formula is C14H12ClN3O3. The molecule has 1 heterocycles. The van der Waals surface area contributed by atoms with Crippen molar-refractivity contribution in [1.29, 1.82) is 0 Å². The van der Waals surface area contributed by atoms with Gasteiger partial charge in [-0.15, -0.1) is 0 Å². The molecule has 1 aromatic carbocycles. The maximum Gasteiger partial charge on any atom is 0.261 e. The van der Waals surface area contributed by atoms with E-state index in [1.807, 2.05) is 0 Å². The highest BCUT2D eigenvalue weighted by Crippen LogP contribution is 2.25. The van der Waals surface area contributed by atoms with Gasteiger partial charge in [0, 0.05) is 31.1 Å². The normalized spacial score (nSPS) is 10.0. The fourth-order valence-corrected chi connectivity index (χ4v) is 1.90. The highest BCUT2D eigenvalue weighted by atomic mass is 35.5. The summed E-state index contributed by atoms with van der Waals surface area (Å²) in [7, 11) is 0. The van der Waals surface area contributed by atoms with Crippen LogP contribution in [0.1, 0.15) is 17.3 Å². The quantitative estimate of drug-likeness (QED) is 0.812. The largest absolute Gasteiger partial charge is 0.367 e. The van der Waals surface area contributed by atoms with Crippen LogP contribution in [0.2, 0.25) is 5.02 Å². The second-order valence-electron chi connectivity index (χ2n) is 4.25. The monoisotopic (exact) mass is 305 g/mol. The van der Waals surface area contributed by atoms with Gasteiger partial charge < -0.3 is 15.6 Å². The number of hydrogen-bond acceptors (Lipinski definition) is 3. The lowest BCUT2D eigenvalue weighted by Crippen LogP contribution is -2.20. The standard InChI is InChI=1S/C14H12ClN3O3/c1-8(19)17-12-3-2-9(6-11(12)15)18-14(21)10-7-16-5-4-13(10)20/h2-7H,1H3,(H,16,20)(H,17,19)(H,18,21). The van der Waals surface area contributed by atoms with Crippen molar-refractivity contribution in [3.8, 4) is 0 Å². The number of carbonyl (C=O) groups is 2. The van der Waals surface area contributed by atoms with E-state index in [9.17, 15) is 14.4 Å². The van der Waals surface area contributed by atoms with Gasteiger partial charge >= 0.3 is 0 Å². The van der Waals surface area contributed by atoms with Gasteiger partial charge in [-0.25, -0.2) is 0 Å². The number of pyridine rings is 1. The van der Waals surface area contributed by atoms with Crippen LogP contribution in [0.5, 0.6) is 0 Å². The van der Waals surface area contributed by atoms with Gasteiger partial charge in [-0.3, -0.25) is 14.4 Å². The zero-order valence-corrected chi connectivity index (χ0v) is 11.8. The van der Waals surface area contributed by atoms with Crippen LogP contribution in [0.3, 0.4) is 0 Å². The van der Waals surface area contributed by atoms with Crippen molar-refractivity contribution in [2.75, 3.05) is 10.6 Å². The van der Waals surface area contributed by atoms with Gasteiger partial charge in [0.2, 0.25) is 5.91 Å². The lowest BCUT2D eigenvalue weighted by atomic mass is 10.2. The Morgan fingerprint density at radius 2 is 1.95 bits per heavy atom. The summed E-state index contributed by atoms with van der Waals surface area (Å²) in [6, 6.07) is 5.89. The zero-order chi connectivity index (χ0) is 15.4. The fourth-order valence-electron chi connectivity index (χ4n) is 1.68. The van der Waals surface area contributed by atoms with E-state index < -0.39 is 5.91 Å². The Kier molecular flexibility index (Phi) is 4.39. The molecule has 0 bridgehead atoms. The number of hydrogen-bond donors (Lipinski definition) is 3. The topological polar surface area (TPSA) is 91.1 Å². The average Bonchev–Trinajstić information content (AvgIpc) is 2.42. The second kappa shape index (κ2) is 6.23. The molecule has 2 rings (SSSR count). The van der Waals surface area contributed by atoms with Gasteiger partial charge in [0.05, 0.1) is 10.7 Å². The molecule has 0 aliphatic heterocycles. The van der Waals surface area contributed by atoms with Crippen LogP contribution in [0.15, 0.2) is 41.5 Å². The lowest BCUT2D eigenvalue weighted by Gasteiger charge is -2.08. The van der Waals surface area contributed by atoms with E-state index >= 15 is 0 Å². The van der Waals surface area contributed by atoms with Crippen LogP contribution in [0.4, 0.5) is 11.4 Å². The van der Waals surface area contributed by atoms with E-state index in [0.29, 0.717) is 11.4 Å². The third kappa shape index (κ3) is 3.70. The number of anilines is 2. The summed E-state index contributed by atoms with van der Waals surface area (Å²) in [5.74, 6) is -0.787. The number of benzene rings is 1. The van der Waals surface area contributed by atoms with E-state index in [2.05, 4.69) is 15.6 Å². The summed E-state index contributed by atoms with van der Waals surface area (Å²) in [6.07, 6.45) is 2.77. The van der Waals surface area contributed by atoms with Crippen molar-refractivity contribution >= 4 is 34.8 Å². The number of halogens is 1. The van der Waals surface area contributed by atoms with Crippen molar-refractivity contribution in [2.24, 2.45) is 0 Å². The molecule has 7 heteroatoms. The van der Waals surface area contributed by atoms with E-state index in [4.69, 9.17) is 11.6 Å². The zero-order valence-electron chi connectivity index (χ0n) is 11.1. The number of carbonyl (C=O) groups excluding carboxylic acids is 2. The Balaban J connectivity index is 2.19. The van der Waals surface area contributed by atoms with Crippen LogP contribution in [0, 0.1) is 0 Å². The smallest absolute Gasteiger partial charge is 0.261 e. The summed E-state index contributed by atoms with van der Waals surface area (Å²) in [4.78, 5) is 37.2. The highest BCUT2D eigenvalue weighted by Gasteiger charge is 2.11. The number of rotatable bonds is 3. The molecule has 2 aromatic rings. The molecule has 0 aliphatic carbocycles. The van der Waals surface area contributed by atoms with Crippen LogP contribution >= 0.6 is 11.6 Å². The third-order valence-electron chi connectivity index (χ3n) is 2.61. The first kappa shape index (κ1) is 14.8.